The third kappa shape index (κ3) is 3.80. The molecule has 2 rings (SSSR count). The molecule has 0 fully saturated rings. The Morgan fingerprint density at radius 1 is 1.05 bits per heavy atom. The number of sulfone groups is 1. The van der Waals surface area contributed by atoms with Crippen molar-refractivity contribution < 1.29 is 13.2 Å². The second-order valence-corrected chi connectivity index (χ2v) is 7.83. The van der Waals surface area contributed by atoms with E-state index in [-0.39, 0.29) is 4.90 Å². The van der Waals surface area contributed by atoms with E-state index in [4.69, 9.17) is 0 Å². The summed E-state index contributed by atoms with van der Waals surface area (Å²) in [5, 5.41) is 0. The van der Waals surface area contributed by atoms with Gasteiger partial charge in [-0.05, 0) is 43.2 Å². The molecule has 5 heteroatoms. The SMILES string of the molecule is Cc1ccc(C)c(S(=O)(=O)CC(=O)c2ccc(Br)cc2)c1. The Labute approximate surface area is 133 Å². The molecule has 0 N–H and O–H groups in total. The van der Waals surface area contributed by atoms with Crippen LogP contribution < -0.4 is 0 Å². The third-order valence-corrected chi connectivity index (χ3v) is 5.45. The minimum Gasteiger partial charge on any atom is -0.293 e. The molecule has 3 nitrogen and oxygen atoms in total. The lowest BCUT2D eigenvalue weighted by molar-refractivity contribution is 0.102. The highest BCUT2D eigenvalue weighted by Crippen LogP contribution is 2.20. The van der Waals surface area contributed by atoms with Crippen LogP contribution in [0.3, 0.4) is 0 Å². The van der Waals surface area contributed by atoms with Gasteiger partial charge in [-0.3, -0.25) is 4.79 Å². The summed E-state index contributed by atoms with van der Waals surface area (Å²) >= 11 is 3.28. The molecule has 110 valence electrons. The van der Waals surface area contributed by atoms with Crippen molar-refractivity contribution >= 4 is 31.6 Å². The largest absolute Gasteiger partial charge is 0.293 e. The summed E-state index contributed by atoms with van der Waals surface area (Å²) in [6.45, 7) is 3.56. The second kappa shape index (κ2) is 6.12. The van der Waals surface area contributed by atoms with E-state index in [9.17, 15) is 13.2 Å². The van der Waals surface area contributed by atoms with Gasteiger partial charge < -0.3 is 0 Å². The fraction of sp³-hybridized carbons (Fsp3) is 0.188. The molecule has 2 aromatic rings. The maximum Gasteiger partial charge on any atom is 0.186 e. The fourth-order valence-corrected chi connectivity index (χ4v) is 3.87. The molecule has 0 bridgehead atoms. The predicted molar refractivity (Wildman–Crippen MR) is 86.4 cm³/mol. The van der Waals surface area contributed by atoms with E-state index in [1.54, 1.807) is 43.3 Å². The number of rotatable bonds is 4. The Morgan fingerprint density at radius 3 is 2.29 bits per heavy atom. The van der Waals surface area contributed by atoms with Gasteiger partial charge in [0.05, 0.1) is 4.90 Å². The first-order valence-corrected chi connectivity index (χ1v) is 8.83. The number of carbonyl (C=O) groups excluding carboxylic acids is 1. The molecule has 0 radical (unpaired) electrons. The van der Waals surface area contributed by atoms with Crippen LogP contribution in [0.2, 0.25) is 0 Å². The Hall–Kier alpha value is -1.46. The van der Waals surface area contributed by atoms with Gasteiger partial charge in [-0.25, -0.2) is 8.42 Å². The van der Waals surface area contributed by atoms with E-state index in [1.165, 1.54) is 0 Å². The zero-order valence-electron chi connectivity index (χ0n) is 11.8. The summed E-state index contributed by atoms with van der Waals surface area (Å²) in [6, 6.07) is 11.9. The standard InChI is InChI=1S/C16H15BrO3S/c1-11-3-4-12(2)16(9-11)21(19,20)10-15(18)13-5-7-14(17)8-6-13/h3-9H,10H2,1-2H3. The van der Waals surface area contributed by atoms with Gasteiger partial charge >= 0.3 is 0 Å². The van der Waals surface area contributed by atoms with Crippen LogP contribution in [0.4, 0.5) is 0 Å². The van der Waals surface area contributed by atoms with Crippen molar-refractivity contribution in [1.29, 1.82) is 0 Å². The maximum absolute atomic E-state index is 12.4. The van der Waals surface area contributed by atoms with Gasteiger partial charge in [0.1, 0.15) is 5.75 Å². The van der Waals surface area contributed by atoms with Crippen LogP contribution in [-0.2, 0) is 9.84 Å². The second-order valence-electron chi connectivity index (χ2n) is 4.96. The number of benzene rings is 2. The first kappa shape index (κ1) is 15.9. The van der Waals surface area contributed by atoms with Crippen molar-refractivity contribution in [2.24, 2.45) is 0 Å². The summed E-state index contributed by atoms with van der Waals surface area (Å²) in [5.41, 5.74) is 1.91. The molecule has 0 amide bonds. The van der Waals surface area contributed by atoms with Crippen molar-refractivity contribution in [2.75, 3.05) is 5.75 Å². The van der Waals surface area contributed by atoms with Crippen molar-refractivity contribution in [2.45, 2.75) is 18.7 Å². The summed E-state index contributed by atoms with van der Waals surface area (Å²) in [5.74, 6) is -0.915. The van der Waals surface area contributed by atoms with Gasteiger partial charge in [0.25, 0.3) is 0 Å². The Balaban J connectivity index is 2.31. The fourth-order valence-electron chi connectivity index (χ4n) is 2.01. The Morgan fingerprint density at radius 2 is 1.67 bits per heavy atom. The molecule has 0 aliphatic rings. The molecule has 0 saturated heterocycles. The average molecular weight is 367 g/mol. The molecule has 0 saturated carbocycles. The van der Waals surface area contributed by atoms with E-state index in [2.05, 4.69) is 15.9 Å². The van der Waals surface area contributed by atoms with Crippen LogP contribution in [0.1, 0.15) is 21.5 Å². The molecule has 2 aromatic carbocycles. The highest BCUT2D eigenvalue weighted by atomic mass is 79.9. The number of carbonyl (C=O) groups is 1. The highest BCUT2D eigenvalue weighted by Gasteiger charge is 2.22. The minimum absolute atomic E-state index is 0.230. The first-order chi connectivity index (χ1) is 9.79. The molecular weight excluding hydrogens is 352 g/mol. The predicted octanol–water partition coefficient (Wildman–Crippen LogP) is 3.72. The lowest BCUT2D eigenvalue weighted by atomic mass is 10.1. The van der Waals surface area contributed by atoms with Gasteiger partial charge in [0.2, 0.25) is 0 Å². The smallest absolute Gasteiger partial charge is 0.186 e. The lowest BCUT2D eigenvalue weighted by Gasteiger charge is -2.08. The Bertz CT molecular complexity index is 778. The quantitative estimate of drug-likeness (QED) is 0.774. The number of hydrogen-bond acceptors (Lipinski definition) is 3. The highest BCUT2D eigenvalue weighted by molar-refractivity contribution is 9.10. The zero-order valence-corrected chi connectivity index (χ0v) is 14.2. The van der Waals surface area contributed by atoms with Gasteiger partial charge in [-0.15, -0.1) is 0 Å². The van der Waals surface area contributed by atoms with E-state index in [1.807, 2.05) is 13.0 Å². The van der Waals surface area contributed by atoms with E-state index < -0.39 is 21.4 Å². The normalized spacial score (nSPS) is 11.4. The third-order valence-electron chi connectivity index (χ3n) is 3.17. The van der Waals surface area contributed by atoms with Crippen LogP contribution in [0.25, 0.3) is 0 Å². The van der Waals surface area contributed by atoms with Gasteiger partial charge in [-0.2, -0.15) is 0 Å². The summed E-state index contributed by atoms with van der Waals surface area (Å²) in [6.07, 6.45) is 0. The van der Waals surface area contributed by atoms with Crippen molar-refractivity contribution in [3.05, 3.63) is 63.6 Å². The van der Waals surface area contributed by atoms with E-state index >= 15 is 0 Å². The molecule has 0 aliphatic heterocycles. The number of hydrogen-bond donors (Lipinski definition) is 0. The lowest BCUT2D eigenvalue weighted by Crippen LogP contribution is -2.17. The number of ketones is 1. The van der Waals surface area contributed by atoms with E-state index in [0.29, 0.717) is 11.1 Å². The summed E-state index contributed by atoms with van der Waals surface area (Å²) in [7, 11) is -3.63. The van der Waals surface area contributed by atoms with Crippen LogP contribution in [0.15, 0.2) is 51.8 Å². The monoisotopic (exact) mass is 366 g/mol. The van der Waals surface area contributed by atoms with Crippen LogP contribution in [-0.4, -0.2) is 20.0 Å². The van der Waals surface area contributed by atoms with Crippen molar-refractivity contribution in [1.82, 2.24) is 0 Å². The number of halogens is 1. The topological polar surface area (TPSA) is 51.2 Å². The van der Waals surface area contributed by atoms with Gasteiger partial charge in [-0.1, -0.05) is 40.2 Å². The molecule has 21 heavy (non-hydrogen) atoms. The summed E-state index contributed by atoms with van der Waals surface area (Å²) in [4.78, 5) is 12.4. The van der Waals surface area contributed by atoms with Crippen LogP contribution >= 0.6 is 15.9 Å². The molecule has 0 spiro atoms. The van der Waals surface area contributed by atoms with Crippen molar-refractivity contribution in [3.63, 3.8) is 0 Å². The number of aryl methyl sites for hydroxylation is 2. The minimum atomic E-state index is -3.63. The van der Waals surface area contributed by atoms with Gasteiger partial charge in [0, 0.05) is 10.0 Å². The molecule has 0 aliphatic carbocycles. The molecular formula is C16H15BrO3S. The van der Waals surface area contributed by atoms with Crippen molar-refractivity contribution in [3.8, 4) is 0 Å². The maximum atomic E-state index is 12.4. The van der Waals surface area contributed by atoms with Gasteiger partial charge in [0.15, 0.2) is 15.6 Å². The molecule has 0 aromatic heterocycles. The van der Waals surface area contributed by atoms with Crippen LogP contribution in [0, 0.1) is 13.8 Å². The average Bonchev–Trinajstić information content (AvgIpc) is 2.41. The first-order valence-electron chi connectivity index (χ1n) is 6.38. The molecule has 0 atom stereocenters. The zero-order chi connectivity index (χ0) is 15.6. The molecule has 0 heterocycles. The summed E-state index contributed by atoms with van der Waals surface area (Å²) < 4.78 is 25.7. The number of Topliss-reactive ketones (excluding diaryl/α,β-unsaturated/α-hetero) is 1. The Kier molecular flexibility index (Phi) is 4.64. The van der Waals surface area contributed by atoms with Crippen LogP contribution in [0.5, 0.6) is 0 Å². The molecule has 0 unspecified atom stereocenters. The van der Waals surface area contributed by atoms with E-state index in [0.717, 1.165) is 10.0 Å².